The summed E-state index contributed by atoms with van der Waals surface area (Å²) in [5.74, 6) is -0.378. The molecule has 132 valence electrons. The zero-order valence-corrected chi connectivity index (χ0v) is 15.2. The van der Waals surface area contributed by atoms with E-state index >= 15 is 0 Å². The van der Waals surface area contributed by atoms with Gasteiger partial charge in [0.2, 0.25) is 0 Å². The fourth-order valence-electron chi connectivity index (χ4n) is 3.12. The normalized spacial score (nSPS) is 16.6. The molecular formula is C17H22ClFN2O2S. The second-order valence-electron chi connectivity index (χ2n) is 6.16. The van der Waals surface area contributed by atoms with E-state index in [1.54, 1.807) is 19.2 Å². The maximum atomic E-state index is 13.3. The first kappa shape index (κ1) is 19.1. The largest absolute Gasteiger partial charge is 0.384 e. The van der Waals surface area contributed by atoms with Crippen LogP contribution in [0.3, 0.4) is 0 Å². The van der Waals surface area contributed by atoms with Gasteiger partial charge in [-0.2, -0.15) is 0 Å². The van der Waals surface area contributed by atoms with Crippen LogP contribution in [0.5, 0.6) is 0 Å². The molecule has 1 aliphatic rings. The molecule has 0 saturated carbocycles. The van der Waals surface area contributed by atoms with Gasteiger partial charge >= 0.3 is 0 Å². The highest BCUT2D eigenvalue weighted by Crippen LogP contribution is 2.29. The lowest BCUT2D eigenvalue weighted by atomic mass is 9.79. The average Bonchev–Trinajstić information content (AvgIpc) is 2.97. The van der Waals surface area contributed by atoms with Gasteiger partial charge in [-0.05, 0) is 55.6 Å². The summed E-state index contributed by atoms with van der Waals surface area (Å²) in [5.41, 5.74) is -0.00154. The minimum Gasteiger partial charge on any atom is -0.384 e. The van der Waals surface area contributed by atoms with Crippen molar-refractivity contribution in [3.63, 3.8) is 0 Å². The molecule has 0 bridgehead atoms. The summed E-state index contributed by atoms with van der Waals surface area (Å²) in [4.78, 5) is 13.1. The maximum Gasteiger partial charge on any atom is 0.261 e. The Kier molecular flexibility index (Phi) is 6.57. The molecule has 3 rings (SSSR count). The topological polar surface area (TPSA) is 50.4 Å². The van der Waals surface area contributed by atoms with Gasteiger partial charge in [0.25, 0.3) is 5.91 Å². The van der Waals surface area contributed by atoms with Gasteiger partial charge in [-0.15, -0.1) is 23.7 Å². The van der Waals surface area contributed by atoms with Crippen molar-refractivity contribution < 1.29 is 13.9 Å². The van der Waals surface area contributed by atoms with Crippen LogP contribution in [-0.4, -0.2) is 39.3 Å². The third kappa shape index (κ3) is 4.25. The minimum absolute atomic E-state index is 0. The quantitative estimate of drug-likeness (QED) is 0.847. The van der Waals surface area contributed by atoms with Gasteiger partial charge in [-0.25, -0.2) is 4.39 Å². The molecule has 24 heavy (non-hydrogen) atoms. The predicted octanol–water partition coefficient (Wildman–Crippen LogP) is 3.21. The van der Waals surface area contributed by atoms with Crippen LogP contribution in [0, 0.1) is 11.2 Å². The van der Waals surface area contributed by atoms with Gasteiger partial charge in [0.1, 0.15) is 5.82 Å². The Morgan fingerprint density at radius 3 is 2.83 bits per heavy atom. The van der Waals surface area contributed by atoms with Crippen molar-refractivity contribution in [3.8, 4) is 0 Å². The van der Waals surface area contributed by atoms with Gasteiger partial charge in [0.05, 0.1) is 11.5 Å². The number of halogens is 2. The highest BCUT2D eigenvalue weighted by Gasteiger charge is 2.32. The smallest absolute Gasteiger partial charge is 0.261 e. The molecule has 2 heterocycles. The number of ether oxygens (including phenoxy) is 1. The third-order valence-electron chi connectivity index (χ3n) is 4.44. The van der Waals surface area contributed by atoms with E-state index in [0.717, 1.165) is 36.0 Å². The van der Waals surface area contributed by atoms with Crippen LogP contribution in [0.4, 0.5) is 4.39 Å². The molecule has 1 amide bonds. The molecule has 1 aromatic carbocycles. The molecular weight excluding hydrogens is 351 g/mol. The highest BCUT2D eigenvalue weighted by atomic mass is 35.5. The molecule has 0 aliphatic carbocycles. The lowest BCUT2D eigenvalue weighted by Gasteiger charge is -2.37. The number of carbonyl (C=O) groups is 1. The Balaban J connectivity index is 0.00000208. The van der Waals surface area contributed by atoms with Crippen LogP contribution in [-0.2, 0) is 4.74 Å². The number of fused-ring (bicyclic) bond motifs is 1. The van der Waals surface area contributed by atoms with Crippen LogP contribution >= 0.6 is 23.7 Å². The first-order valence-electron chi connectivity index (χ1n) is 7.79. The number of benzene rings is 1. The number of piperidine rings is 1. The molecule has 0 spiro atoms. The number of rotatable bonds is 5. The molecule has 2 N–H and O–H groups in total. The molecule has 0 radical (unpaired) electrons. The van der Waals surface area contributed by atoms with Crippen LogP contribution in [0.2, 0.25) is 0 Å². The van der Waals surface area contributed by atoms with Crippen molar-refractivity contribution >= 4 is 39.7 Å². The molecule has 1 aliphatic heterocycles. The van der Waals surface area contributed by atoms with E-state index in [1.165, 1.54) is 23.5 Å². The van der Waals surface area contributed by atoms with Gasteiger partial charge in [-0.1, -0.05) is 0 Å². The van der Waals surface area contributed by atoms with Crippen molar-refractivity contribution in [2.75, 3.05) is 33.4 Å². The van der Waals surface area contributed by atoms with Crippen molar-refractivity contribution in [2.24, 2.45) is 5.41 Å². The standard InChI is InChI=1S/C17H21FN2O2S.ClH/c1-22-11-17(4-6-19-7-5-17)10-20-16(21)15-9-12-8-13(18)2-3-14(12)23-15;/h2-3,8-9,19H,4-7,10-11H2,1H3,(H,20,21);1H. The van der Waals surface area contributed by atoms with Gasteiger partial charge in [0, 0.05) is 23.8 Å². The summed E-state index contributed by atoms with van der Waals surface area (Å²) in [6.45, 7) is 3.14. The third-order valence-corrected chi connectivity index (χ3v) is 5.56. The summed E-state index contributed by atoms with van der Waals surface area (Å²) >= 11 is 1.39. The second-order valence-corrected chi connectivity index (χ2v) is 7.24. The van der Waals surface area contributed by atoms with E-state index in [-0.39, 0.29) is 29.5 Å². The molecule has 0 unspecified atom stereocenters. The zero-order valence-electron chi connectivity index (χ0n) is 13.6. The number of hydrogen-bond donors (Lipinski definition) is 2. The molecule has 2 aromatic rings. The van der Waals surface area contributed by atoms with E-state index in [9.17, 15) is 9.18 Å². The monoisotopic (exact) mass is 372 g/mol. The second kappa shape index (κ2) is 8.25. The lowest BCUT2D eigenvalue weighted by molar-refractivity contribution is 0.0512. The first-order chi connectivity index (χ1) is 11.1. The lowest BCUT2D eigenvalue weighted by Crippen LogP contribution is -2.47. The molecule has 1 fully saturated rings. The number of nitrogens with one attached hydrogen (secondary N) is 2. The van der Waals surface area contributed by atoms with Crippen LogP contribution in [0.25, 0.3) is 10.1 Å². The summed E-state index contributed by atoms with van der Waals surface area (Å²) in [6, 6.07) is 6.35. The molecule has 0 atom stereocenters. The average molecular weight is 373 g/mol. The van der Waals surface area contributed by atoms with Gasteiger partial charge in [-0.3, -0.25) is 4.79 Å². The van der Waals surface area contributed by atoms with Crippen molar-refractivity contribution in [2.45, 2.75) is 12.8 Å². The Morgan fingerprint density at radius 1 is 1.38 bits per heavy atom. The predicted molar refractivity (Wildman–Crippen MR) is 97.8 cm³/mol. The minimum atomic E-state index is -0.281. The first-order valence-corrected chi connectivity index (χ1v) is 8.61. The van der Waals surface area contributed by atoms with E-state index in [0.29, 0.717) is 18.0 Å². The fourth-order valence-corrected chi connectivity index (χ4v) is 4.08. The highest BCUT2D eigenvalue weighted by molar-refractivity contribution is 7.20. The zero-order chi connectivity index (χ0) is 16.3. The van der Waals surface area contributed by atoms with E-state index in [1.807, 2.05) is 0 Å². The Labute approximate surface area is 151 Å². The number of amides is 1. The summed E-state index contributed by atoms with van der Waals surface area (Å²) < 4.78 is 19.5. The molecule has 4 nitrogen and oxygen atoms in total. The number of carbonyl (C=O) groups excluding carboxylic acids is 1. The molecule has 7 heteroatoms. The Hall–Kier alpha value is -1.21. The maximum absolute atomic E-state index is 13.3. The van der Waals surface area contributed by atoms with Crippen molar-refractivity contribution in [3.05, 3.63) is 35.0 Å². The molecule has 1 aromatic heterocycles. The van der Waals surface area contributed by atoms with E-state index in [4.69, 9.17) is 4.74 Å². The number of methoxy groups -OCH3 is 1. The summed E-state index contributed by atoms with van der Waals surface area (Å²) in [5, 5.41) is 7.15. The van der Waals surface area contributed by atoms with Crippen LogP contribution in [0.1, 0.15) is 22.5 Å². The molecule has 1 saturated heterocycles. The Bertz CT molecular complexity index is 695. The number of thiophene rings is 1. The van der Waals surface area contributed by atoms with Crippen LogP contribution in [0.15, 0.2) is 24.3 Å². The fraction of sp³-hybridized carbons (Fsp3) is 0.471. The van der Waals surface area contributed by atoms with Gasteiger partial charge < -0.3 is 15.4 Å². The summed E-state index contributed by atoms with van der Waals surface area (Å²) in [6.07, 6.45) is 1.97. The van der Waals surface area contributed by atoms with E-state index in [2.05, 4.69) is 10.6 Å². The van der Waals surface area contributed by atoms with Gasteiger partial charge in [0.15, 0.2) is 0 Å². The van der Waals surface area contributed by atoms with Crippen molar-refractivity contribution in [1.82, 2.24) is 10.6 Å². The van der Waals surface area contributed by atoms with Crippen molar-refractivity contribution in [1.29, 1.82) is 0 Å². The number of hydrogen-bond acceptors (Lipinski definition) is 4. The van der Waals surface area contributed by atoms with Crippen LogP contribution < -0.4 is 10.6 Å². The Morgan fingerprint density at radius 2 is 2.12 bits per heavy atom. The SMILES string of the molecule is COCC1(CNC(=O)c2cc3cc(F)ccc3s2)CCNCC1.Cl. The van der Waals surface area contributed by atoms with E-state index < -0.39 is 0 Å². The summed E-state index contributed by atoms with van der Waals surface area (Å²) in [7, 11) is 1.70.